The fourth-order valence-corrected chi connectivity index (χ4v) is 4.09. The van der Waals surface area contributed by atoms with Crippen LogP contribution in [-0.4, -0.2) is 17.9 Å². The zero-order chi connectivity index (χ0) is 21.7. The van der Waals surface area contributed by atoms with Crippen molar-refractivity contribution in [1.29, 1.82) is 0 Å². The lowest BCUT2D eigenvalue weighted by Gasteiger charge is -2.28. The van der Waals surface area contributed by atoms with Crippen LogP contribution in [0.2, 0.25) is 0 Å². The maximum Gasteiger partial charge on any atom is 0.266 e. The predicted octanol–water partition coefficient (Wildman–Crippen LogP) is 4.16. The van der Waals surface area contributed by atoms with Crippen LogP contribution in [-0.2, 0) is 14.4 Å². The van der Waals surface area contributed by atoms with Gasteiger partial charge in [-0.25, -0.2) is 23.1 Å². The molecule has 2 amide bonds. The molecule has 31 heavy (non-hydrogen) atoms. The van der Waals surface area contributed by atoms with Gasteiger partial charge in [0.15, 0.2) is 17.7 Å². The highest BCUT2D eigenvalue weighted by molar-refractivity contribution is 6.23. The van der Waals surface area contributed by atoms with Gasteiger partial charge in [0.25, 0.3) is 5.91 Å². The molecule has 5 rings (SSSR count). The number of anilines is 2. The lowest BCUT2D eigenvalue weighted by atomic mass is 9.90. The normalized spacial score (nSPS) is 22.9. The van der Waals surface area contributed by atoms with Crippen LogP contribution in [0.15, 0.2) is 72.8 Å². The molecule has 0 bridgehead atoms. The molecule has 0 radical (unpaired) electrons. The second-order valence-corrected chi connectivity index (χ2v) is 7.32. The smallest absolute Gasteiger partial charge is 0.266 e. The molecular formula is C23H15F3N2O3. The zero-order valence-corrected chi connectivity index (χ0v) is 15.9. The van der Waals surface area contributed by atoms with Crippen LogP contribution in [0.1, 0.15) is 11.6 Å². The van der Waals surface area contributed by atoms with Gasteiger partial charge in [0, 0.05) is 0 Å². The van der Waals surface area contributed by atoms with E-state index in [-0.39, 0.29) is 11.3 Å². The second-order valence-electron chi connectivity index (χ2n) is 7.32. The number of carbonyl (C=O) groups excluding carboxylic acids is 2. The summed E-state index contributed by atoms with van der Waals surface area (Å²) < 4.78 is 40.9. The van der Waals surface area contributed by atoms with Gasteiger partial charge >= 0.3 is 0 Å². The molecule has 2 aliphatic heterocycles. The average Bonchev–Trinajstić information content (AvgIpc) is 3.28. The van der Waals surface area contributed by atoms with Crippen LogP contribution in [0.3, 0.4) is 0 Å². The number of rotatable bonds is 3. The van der Waals surface area contributed by atoms with Crippen molar-refractivity contribution in [2.24, 2.45) is 5.92 Å². The lowest BCUT2D eigenvalue weighted by Crippen LogP contribution is -2.37. The van der Waals surface area contributed by atoms with Gasteiger partial charge in [0.2, 0.25) is 5.91 Å². The van der Waals surface area contributed by atoms with Gasteiger partial charge in [-0.2, -0.15) is 0 Å². The summed E-state index contributed by atoms with van der Waals surface area (Å²) in [5.74, 6) is -4.76. The van der Waals surface area contributed by atoms with Crippen molar-refractivity contribution in [3.05, 3.63) is 95.8 Å². The monoisotopic (exact) mass is 424 g/mol. The van der Waals surface area contributed by atoms with Crippen LogP contribution < -0.4 is 9.96 Å². The number of fused-ring (bicyclic) bond motifs is 1. The van der Waals surface area contributed by atoms with Gasteiger partial charge < -0.3 is 0 Å². The van der Waals surface area contributed by atoms with Crippen molar-refractivity contribution in [2.45, 2.75) is 12.1 Å². The van der Waals surface area contributed by atoms with Crippen molar-refractivity contribution in [3.63, 3.8) is 0 Å². The Morgan fingerprint density at radius 1 is 0.742 bits per heavy atom. The van der Waals surface area contributed by atoms with E-state index in [9.17, 15) is 22.8 Å². The minimum absolute atomic E-state index is 0.213. The summed E-state index contributed by atoms with van der Waals surface area (Å²) >= 11 is 0. The lowest BCUT2D eigenvalue weighted by molar-refractivity contribution is -0.126. The second kappa shape index (κ2) is 7.24. The van der Waals surface area contributed by atoms with E-state index in [0.29, 0.717) is 5.69 Å². The fraction of sp³-hybridized carbons (Fsp3) is 0.130. The highest BCUT2D eigenvalue weighted by Gasteiger charge is 2.60. The minimum Gasteiger partial charge on any atom is -0.273 e. The Bertz CT molecular complexity index is 1170. The number of nitrogens with zero attached hydrogens (tertiary/aromatic N) is 2. The van der Waals surface area contributed by atoms with Gasteiger partial charge in [-0.05, 0) is 54.1 Å². The van der Waals surface area contributed by atoms with Crippen LogP contribution in [0.5, 0.6) is 0 Å². The first-order valence-electron chi connectivity index (χ1n) is 9.55. The van der Waals surface area contributed by atoms with Crippen molar-refractivity contribution >= 4 is 23.2 Å². The number of hydrogen-bond acceptors (Lipinski definition) is 4. The summed E-state index contributed by atoms with van der Waals surface area (Å²) in [7, 11) is 0. The Morgan fingerprint density at radius 3 is 2.13 bits per heavy atom. The maximum absolute atomic E-state index is 14.0. The number of amides is 2. The Morgan fingerprint density at radius 2 is 1.45 bits per heavy atom. The molecule has 0 unspecified atom stereocenters. The summed E-state index contributed by atoms with van der Waals surface area (Å²) in [4.78, 5) is 33.3. The number of benzene rings is 3. The van der Waals surface area contributed by atoms with E-state index in [1.54, 1.807) is 30.3 Å². The minimum atomic E-state index is -1.16. The molecule has 2 aliphatic rings. The van der Waals surface area contributed by atoms with Crippen LogP contribution in [0.25, 0.3) is 0 Å². The van der Waals surface area contributed by atoms with Crippen molar-refractivity contribution in [1.82, 2.24) is 0 Å². The third-order valence-corrected chi connectivity index (χ3v) is 5.50. The summed E-state index contributed by atoms with van der Waals surface area (Å²) in [5, 5.41) is 1.39. The third kappa shape index (κ3) is 3.07. The third-order valence-electron chi connectivity index (χ3n) is 5.50. The van der Waals surface area contributed by atoms with Crippen molar-refractivity contribution in [3.8, 4) is 0 Å². The maximum atomic E-state index is 14.0. The number of carbonyl (C=O) groups is 2. The molecule has 2 fully saturated rings. The Hall–Kier alpha value is -3.65. The van der Waals surface area contributed by atoms with Crippen LogP contribution in [0, 0.1) is 23.4 Å². The first-order chi connectivity index (χ1) is 15.0. The molecule has 0 saturated carbocycles. The largest absolute Gasteiger partial charge is 0.273 e. The fourth-order valence-electron chi connectivity index (χ4n) is 4.09. The molecule has 2 saturated heterocycles. The Kier molecular flexibility index (Phi) is 4.51. The van der Waals surface area contributed by atoms with E-state index < -0.39 is 47.3 Å². The first kappa shape index (κ1) is 19.3. The number of imide groups is 1. The standard InChI is InChI=1S/C23H15F3N2O3/c24-14-7-9-15(10-8-14)27-22(29)19-20(13-6-11-17(25)18(26)12-13)28(31-21(19)23(27)30)16-4-2-1-3-5-16/h1-12,19-21H/t19-,20+,21-/m1/s1. The zero-order valence-electron chi connectivity index (χ0n) is 15.9. The van der Waals surface area contributed by atoms with E-state index in [0.717, 1.165) is 29.2 Å². The van der Waals surface area contributed by atoms with Crippen LogP contribution >= 0.6 is 0 Å². The molecule has 156 valence electrons. The highest BCUT2D eigenvalue weighted by Crippen LogP contribution is 2.47. The first-order valence-corrected chi connectivity index (χ1v) is 9.55. The number of para-hydroxylation sites is 1. The topological polar surface area (TPSA) is 49.9 Å². The number of halogens is 3. The van der Waals surface area contributed by atoms with Crippen molar-refractivity contribution < 1.29 is 27.6 Å². The molecular weight excluding hydrogens is 409 g/mol. The summed E-state index contributed by atoms with van der Waals surface area (Å²) in [6.07, 6.45) is -1.16. The predicted molar refractivity (Wildman–Crippen MR) is 105 cm³/mol. The number of hydrogen-bond donors (Lipinski definition) is 0. The summed E-state index contributed by atoms with van der Waals surface area (Å²) in [6.45, 7) is 0. The molecule has 0 spiro atoms. The van der Waals surface area contributed by atoms with Gasteiger partial charge in [0.1, 0.15) is 11.7 Å². The summed E-state index contributed by atoms with van der Waals surface area (Å²) in [6, 6.07) is 16.2. The van der Waals surface area contributed by atoms with E-state index >= 15 is 0 Å². The average molecular weight is 424 g/mol. The van der Waals surface area contributed by atoms with Gasteiger partial charge in [-0.3, -0.25) is 14.4 Å². The molecule has 8 heteroatoms. The molecule has 3 aromatic rings. The van der Waals surface area contributed by atoms with E-state index in [1.807, 2.05) is 0 Å². The molecule has 0 aliphatic carbocycles. The quantitative estimate of drug-likeness (QED) is 0.593. The molecule has 5 nitrogen and oxygen atoms in total. The summed E-state index contributed by atoms with van der Waals surface area (Å²) in [5.41, 5.74) is 1.06. The van der Waals surface area contributed by atoms with Crippen LogP contribution in [0.4, 0.5) is 24.5 Å². The van der Waals surface area contributed by atoms with E-state index in [4.69, 9.17) is 4.84 Å². The highest BCUT2D eigenvalue weighted by atomic mass is 19.2. The number of hydroxylamine groups is 1. The van der Waals surface area contributed by atoms with Crippen molar-refractivity contribution in [2.75, 3.05) is 9.96 Å². The molecule has 0 aromatic heterocycles. The van der Waals surface area contributed by atoms with Gasteiger partial charge in [-0.1, -0.05) is 24.3 Å². The van der Waals surface area contributed by atoms with Gasteiger partial charge in [0.05, 0.1) is 17.4 Å². The Balaban J connectivity index is 1.60. The SMILES string of the molecule is O=C1[C@H]2[C@@H](ON(c3ccccc3)[C@H]2c2ccc(F)c(F)c2)C(=O)N1c1ccc(F)cc1. The molecule has 3 aromatic carbocycles. The molecule has 0 N–H and O–H groups in total. The van der Waals surface area contributed by atoms with E-state index in [1.165, 1.54) is 23.3 Å². The molecule has 2 heterocycles. The van der Waals surface area contributed by atoms with E-state index in [2.05, 4.69) is 0 Å². The van der Waals surface area contributed by atoms with Gasteiger partial charge in [-0.15, -0.1) is 0 Å². The molecule has 3 atom stereocenters. The Labute approximate surface area is 175 Å².